The van der Waals surface area contributed by atoms with Crippen LogP contribution >= 0.6 is 11.3 Å². The summed E-state index contributed by atoms with van der Waals surface area (Å²) in [6.45, 7) is -0.115. The summed E-state index contributed by atoms with van der Waals surface area (Å²) < 4.78 is 0. The van der Waals surface area contributed by atoms with Crippen molar-refractivity contribution in [1.82, 2.24) is 16.2 Å². The fraction of sp³-hybridized carbons (Fsp3) is 0.632. The van der Waals surface area contributed by atoms with Gasteiger partial charge in [0, 0.05) is 6.42 Å². The van der Waals surface area contributed by atoms with E-state index >= 15 is 0 Å². The molecule has 0 saturated heterocycles. The zero-order valence-electron chi connectivity index (χ0n) is 14.8. The van der Waals surface area contributed by atoms with E-state index in [1.54, 1.807) is 17.5 Å². The van der Waals surface area contributed by atoms with Gasteiger partial charge in [-0.3, -0.25) is 25.2 Å². The van der Waals surface area contributed by atoms with Gasteiger partial charge in [0.05, 0.1) is 11.4 Å². The highest BCUT2D eigenvalue weighted by atomic mass is 32.1. The van der Waals surface area contributed by atoms with Gasteiger partial charge < -0.3 is 5.32 Å². The van der Waals surface area contributed by atoms with Crippen LogP contribution in [-0.2, 0) is 9.59 Å². The van der Waals surface area contributed by atoms with E-state index in [4.69, 9.17) is 0 Å². The Bertz CT molecular complexity index is 666. The maximum Gasteiger partial charge on any atom is 0.279 e. The van der Waals surface area contributed by atoms with Crippen LogP contribution in [0.3, 0.4) is 0 Å². The molecular weight excluding hydrogens is 350 g/mol. The summed E-state index contributed by atoms with van der Waals surface area (Å²) in [4.78, 5) is 36.5. The molecule has 7 heteroatoms. The molecule has 0 unspecified atom stereocenters. The first-order valence-corrected chi connectivity index (χ1v) is 10.3. The minimum Gasteiger partial charge on any atom is -0.347 e. The van der Waals surface area contributed by atoms with Gasteiger partial charge in [0.15, 0.2) is 0 Å². The minimum absolute atomic E-state index is 0.0494. The molecule has 0 spiro atoms. The molecule has 0 aromatic carbocycles. The van der Waals surface area contributed by atoms with Crippen molar-refractivity contribution in [1.29, 1.82) is 0 Å². The van der Waals surface area contributed by atoms with Crippen molar-refractivity contribution in [2.24, 2.45) is 23.2 Å². The average Bonchev–Trinajstić information content (AvgIpc) is 3.11. The monoisotopic (exact) mass is 375 g/mol. The van der Waals surface area contributed by atoms with Crippen LogP contribution in [0.15, 0.2) is 17.5 Å². The van der Waals surface area contributed by atoms with Gasteiger partial charge in [-0.15, -0.1) is 11.3 Å². The minimum atomic E-state index is -0.422. The van der Waals surface area contributed by atoms with Crippen LogP contribution in [0.25, 0.3) is 0 Å². The van der Waals surface area contributed by atoms with Crippen LogP contribution in [0.1, 0.15) is 54.6 Å². The van der Waals surface area contributed by atoms with E-state index in [1.165, 1.54) is 49.9 Å². The van der Waals surface area contributed by atoms with Crippen LogP contribution < -0.4 is 16.2 Å². The van der Waals surface area contributed by atoms with Crippen molar-refractivity contribution in [3.05, 3.63) is 22.4 Å². The first kappa shape index (κ1) is 17.5. The van der Waals surface area contributed by atoms with E-state index in [0.717, 1.165) is 17.8 Å². The van der Waals surface area contributed by atoms with Crippen molar-refractivity contribution in [3.8, 4) is 0 Å². The highest BCUT2D eigenvalue weighted by Gasteiger charge is 2.51. The Morgan fingerprint density at radius 2 is 1.65 bits per heavy atom. The van der Waals surface area contributed by atoms with Gasteiger partial charge in [-0.1, -0.05) is 6.07 Å². The number of carbonyl (C=O) groups excluding carboxylic acids is 3. The summed E-state index contributed by atoms with van der Waals surface area (Å²) in [6, 6.07) is 3.45. The van der Waals surface area contributed by atoms with Gasteiger partial charge in [-0.05, 0) is 73.1 Å². The first-order valence-electron chi connectivity index (χ1n) is 9.41. The highest BCUT2D eigenvalue weighted by molar-refractivity contribution is 7.12. The SMILES string of the molecule is O=C(CC12CC3CC(CC(C3)C1)C2)NCC(=O)NNC(=O)c1cccs1. The van der Waals surface area contributed by atoms with Gasteiger partial charge >= 0.3 is 0 Å². The molecule has 4 aliphatic rings. The molecule has 5 rings (SSSR count). The number of hydrogen-bond donors (Lipinski definition) is 3. The summed E-state index contributed by atoms with van der Waals surface area (Å²) in [7, 11) is 0. The van der Waals surface area contributed by atoms with Gasteiger partial charge in [0.2, 0.25) is 5.91 Å². The molecule has 0 radical (unpaired) electrons. The lowest BCUT2D eigenvalue weighted by Gasteiger charge is -2.56. The number of amides is 3. The second-order valence-electron chi connectivity index (χ2n) is 8.35. The third-order valence-electron chi connectivity index (χ3n) is 6.21. The molecule has 26 heavy (non-hydrogen) atoms. The molecule has 4 fully saturated rings. The Morgan fingerprint density at radius 1 is 1.00 bits per heavy atom. The molecule has 0 aliphatic heterocycles. The van der Waals surface area contributed by atoms with E-state index < -0.39 is 5.91 Å². The zero-order chi connectivity index (χ0) is 18.1. The molecule has 0 atom stereocenters. The lowest BCUT2D eigenvalue weighted by molar-refractivity contribution is -0.132. The summed E-state index contributed by atoms with van der Waals surface area (Å²) >= 11 is 1.30. The summed E-state index contributed by atoms with van der Waals surface area (Å²) in [5, 5.41) is 4.51. The average molecular weight is 375 g/mol. The maximum absolute atomic E-state index is 12.4. The lowest BCUT2D eigenvalue weighted by Crippen LogP contribution is -2.49. The molecule has 4 saturated carbocycles. The fourth-order valence-electron chi connectivity index (χ4n) is 5.73. The fourth-order valence-corrected chi connectivity index (χ4v) is 6.35. The number of rotatable bonds is 5. The van der Waals surface area contributed by atoms with Crippen molar-refractivity contribution in [2.75, 3.05) is 6.54 Å². The second-order valence-corrected chi connectivity index (χ2v) is 9.30. The van der Waals surface area contributed by atoms with E-state index in [0.29, 0.717) is 11.3 Å². The molecular formula is C19H25N3O3S. The van der Waals surface area contributed by atoms with E-state index in [2.05, 4.69) is 16.2 Å². The molecule has 3 N–H and O–H groups in total. The molecule has 140 valence electrons. The largest absolute Gasteiger partial charge is 0.347 e. The second kappa shape index (κ2) is 7.02. The number of thiophene rings is 1. The number of hydrogen-bond acceptors (Lipinski definition) is 4. The highest BCUT2D eigenvalue weighted by Crippen LogP contribution is 2.61. The molecule has 1 aromatic heterocycles. The van der Waals surface area contributed by atoms with Crippen molar-refractivity contribution < 1.29 is 14.4 Å². The van der Waals surface area contributed by atoms with E-state index in [9.17, 15) is 14.4 Å². The van der Waals surface area contributed by atoms with Crippen LogP contribution in [-0.4, -0.2) is 24.3 Å². The number of hydrazine groups is 1. The topological polar surface area (TPSA) is 87.3 Å². The summed E-state index contributed by atoms with van der Waals surface area (Å²) in [6.07, 6.45) is 8.12. The van der Waals surface area contributed by atoms with Gasteiger partial charge in [-0.2, -0.15) is 0 Å². The third kappa shape index (κ3) is 3.77. The molecule has 6 nitrogen and oxygen atoms in total. The summed E-state index contributed by atoms with van der Waals surface area (Å²) in [5.41, 5.74) is 4.86. The Labute approximate surface area is 157 Å². The Hall–Kier alpha value is -1.89. The van der Waals surface area contributed by atoms with Gasteiger partial charge in [0.25, 0.3) is 11.8 Å². The normalized spacial score (nSPS) is 31.5. The molecule has 1 heterocycles. The Morgan fingerprint density at radius 3 is 2.23 bits per heavy atom. The molecule has 1 aromatic rings. The molecule has 3 amide bonds. The van der Waals surface area contributed by atoms with Crippen LogP contribution in [0.5, 0.6) is 0 Å². The van der Waals surface area contributed by atoms with Crippen LogP contribution in [0, 0.1) is 23.2 Å². The van der Waals surface area contributed by atoms with Gasteiger partial charge in [-0.25, -0.2) is 0 Å². The Kier molecular flexibility index (Phi) is 4.73. The number of nitrogens with one attached hydrogen (secondary N) is 3. The predicted molar refractivity (Wildman–Crippen MR) is 98.2 cm³/mol. The standard InChI is InChI=1S/C19H25N3O3S/c23-16(10-19-7-12-4-13(8-19)6-14(5-12)9-19)20-11-17(24)21-22-18(25)15-2-1-3-26-15/h1-3,12-14H,4-11H2,(H,20,23)(H,21,24)(H,22,25). The van der Waals surface area contributed by atoms with Crippen molar-refractivity contribution in [3.63, 3.8) is 0 Å². The zero-order valence-corrected chi connectivity index (χ0v) is 15.6. The van der Waals surface area contributed by atoms with Crippen LogP contribution in [0.4, 0.5) is 0 Å². The van der Waals surface area contributed by atoms with E-state index in [-0.39, 0.29) is 23.8 Å². The van der Waals surface area contributed by atoms with Crippen molar-refractivity contribution >= 4 is 29.1 Å². The van der Waals surface area contributed by atoms with E-state index in [1.807, 2.05) is 0 Å². The van der Waals surface area contributed by atoms with Crippen molar-refractivity contribution in [2.45, 2.75) is 44.9 Å². The Balaban J connectivity index is 1.20. The smallest absolute Gasteiger partial charge is 0.279 e. The van der Waals surface area contributed by atoms with Crippen LogP contribution in [0.2, 0.25) is 0 Å². The first-order chi connectivity index (χ1) is 12.5. The molecule has 4 bridgehead atoms. The number of carbonyl (C=O) groups is 3. The summed E-state index contributed by atoms with van der Waals surface area (Å²) in [5.74, 6) is 1.60. The lowest BCUT2D eigenvalue weighted by atomic mass is 9.49. The van der Waals surface area contributed by atoms with Gasteiger partial charge in [0.1, 0.15) is 0 Å². The predicted octanol–water partition coefficient (Wildman–Crippen LogP) is 2.23. The maximum atomic E-state index is 12.4. The third-order valence-corrected chi connectivity index (χ3v) is 7.08. The quantitative estimate of drug-likeness (QED) is 0.690. The molecule has 4 aliphatic carbocycles.